The molecule has 1 heterocycles. The Morgan fingerprint density at radius 1 is 1.25 bits per heavy atom. The number of thiazole rings is 1. The largest absolute Gasteiger partial charge is 0.305 e. The summed E-state index contributed by atoms with van der Waals surface area (Å²) in [6, 6.07) is 0. The molecule has 0 aliphatic heterocycles. The molecule has 0 bridgehead atoms. The van der Waals surface area contributed by atoms with Gasteiger partial charge < -0.3 is 5.32 Å². The van der Waals surface area contributed by atoms with E-state index in [0.717, 1.165) is 11.8 Å². The standard InChI is InChI=1S/C16H28N2S2/c1-12-13(2)20-15(18-12)16(3,4)17-10-11-19-14-8-6-5-7-9-14/h14,17H,5-11H2,1-4H3. The van der Waals surface area contributed by atoms with Crippen LogP contribution in [-0.2, 0) is 5.54 Å². The molecule has 4 heteroatoms. The minimum atomic E-state index is -0.00316. The summed E-state index contributed by atoms with van der Waals surface area (Å²) in [6.07, 6.45) is 7.19. The molecule has 0 saturated heterocycles. The van der Waals surface area contributed by atoms with E-state index >= 15 is 0 Å². The molecular weight excluding hydrogens is 284 g/mol. The van der Waals surface area contributed by atoms with Crippen molar-refractivity contribution in [3.63, 3.8) is 0 Å². The molecule has 0 aromatic carbocycles. The summed E-state index contributed by atoms with van der Waals surface area (Å²) in [6.45, 7) is 9.83. The van der Waals surface area contributed by atoms with E-state index in [-0.39, 0.29) is 5.54 Å². The van der Waals surface area contributed by atoms with Crippen LogP contribution in [0.25, 0.3) is 0 Å². The number of hydrogen-bond acceptors (Lipinski definition) is 4. The maximum atomic E-state index is 4.70. The summed E-state index contributed by atoms with van der Waals surface area (Å²) >= 11 is 3.99. The van der Waals surface area contributed by atoms with Gasteiger partial charge in [-0.05, 0) is 40.5 Å². The molecule has 1 N–H and O–H groups in total. The van der Waals surface area contributed by atoms with Crippen molar-refractivity contribution in [3.05, 3.63) is 15.6 Å². The fraction of sp³-hybridized carbons (Fsp3) is 0.812. The fourth-order valence-corrected chi connectivity index (χ4v) is 4.85. The van der Waals surface area contributed by atoms with Gasteiger partial charge in [0.25, 0.3) is 0 Å². The second kappa shape index (κ2) is 7.28. The van der Waals surface area contributed by atoms with Crippen LogP contribution in [0.15, 0.2) is 0 Å². The molecule has 1 fully saturated rings. The van der Waals surface area contributed by atoms with Crippen LogP contribution in [0.1, 0.15) is 61.5 Å². The first-order chi connectivity index (χ1) is 9.49. The van der Waals surface area contributed by atoms with Crippen molar-refractivity contribution in [1.29, 1.82) is 0 Å². The van der Waals surface area contributed by atoms with Crippen molar-refractivity contribution in [2.75, 3.05) is 12.3 Å². The van der Waals surface area contributed by atoms with E-state index in [1.165, 1.54) is 53.4 Å². The zero-order valence-corrected chi connectivity index (χ0v) is 14.9. The van der Waals surface area contributed by atoms with Crippen LogP contribution >= 0.6 is 23.1 Å². The Bertz CT molecular complexity index is 401. The van der Waals surface area contributed by atoms with Crippen molar-refractivity contribution in [1.82, 2.24) is 10.3 Å². The number of thioether (sulfide) groups is 1. The maximum Gasteiger partial charge on any atom is 0.113 e. The molecule has 2 nitrogen and oxygen atoms in total. The molecule has 0 atom stereocenters. The second-order valence-corrected chi connectivity index (χ2v) is 8.95. The minimum absolute atomic E-state index is 0.00316. The molecule has 0 unspecified atom stereocenters. The van der Waals surface area contributed by atoms with Gasteiger partial charge in [-0.25, -0.2) is 4.98 Å². The van der Waals surface area contributed by atoms with Gasteiger partial charge in [0.1, 0.15) is 5.01 Å². The normalized spacial score (nSPS) is 17.6. The Balaban J connectivity index is 1.74. The Labute approximate surface area is 132 Å². The minimum Gasteiger partial charge on any atom is -0.305 e. The summed E-state index contributed by atoms with van der Waals surface area (Å²) in [5.74, 6) is 1.22. The number of rotatable bonds is 6. The summed E-state index contributed by atoms with van der Waals surface area (Å²) in [5, 5.41) is 5.82. The van der Waals surface area contributed by atoms with Crippen LogP contribution in [0.5, 0.6) is 0 Å². The van der Waals surface area contributed by atoms with E-state index < -0.39 is 0 Å². The lowest BCUT2D eigenvalue weighted by Crippen LogP contribution is -2.38. The molecule has 1 aromatic rings. The predicted molar refractivity (Wildman–Crippen MR) is 91.9 cm³/mol. The van der Waals surface area contributed by atoms with Gasteiger partial charge in [-0.3, -0.25) is 0 Å². The number of nitrogens with zero attached hydrogens (tertiary/aromatic N) is 1. The lowest BCUT2D eigenvalue weighted by Gasteiger charge is -2.25. The summed E-state index contributed by atoms with van der Waals surface area (Å²) in [7, 11) is 0. The molecule has 20 heavy (non-hydrogen) atoms. The second-order valence-electron chi connectivity index (χ2n) is 6.34. The third-order valence-corrected chi connectivity index (χ3v) is 6.92. The van der Waals surface area contributed by atoms with Crippen LogP contribution in [0.3, 0.4) is 0 Å². The first-order valence-electron chi connectivity index (χ1n) is 7.80. The Morgan fingerprint density at radius 2 is 1.95 bits per heavy atom. The van der Waals surface area contributed by atoms with Gasteiger partial charge in [0.15, 0.2) is 0 Å². The third-order valence-electron chi connectivity index (χ3n) is 4.14. The third kappa shape index (κ3) is 4.47. The van der Waals surface area contributed by atoms with Gasteiger partial charge in [0, 0.05) is 22.4 Å². The van der Waals surface area contributed by atoms with Crippen molar-refractivity contribution >= 4 is 23.1 Å². The van der Waals surface area contributed by atoms with Crippen LogP contribution < -0.4 is 5.32 Å². The van der Waals surface area contributed by atoms with Crippen molar-refractivity contribution in [2.45, 2.75) is 70.6 Å². The Kier molecular flexibility index (Phi) is 5.94. The monoisotopic (exact) mass is 312 g/mol. The number of aryl methyl sites for hydroxylation is 2. The molecule has 1 aliphatic rings. The molecule has 1 aliphatic carbocycles. The van der Waals surface area contributed by atoms with E-state index in [1.54, 1.807) is 0 Å². The molecule has 0 radical (unpaired) electrons. The molecular formula is C16H28N2S2. The number of nitrogens with one attached hydrogen (secondary N) is 1. The molecule has 114 valence electrons. The van der Waals surface area contributed by atoms with Crippen LogP contribution in [0.2, 0.25) is 0 Å². The smallest absolute Gasteiger partial charge is 0.113 e. The van der Waals surface area contributed by atoms with Crippen LogP contribution in [0, 0.1) is 13.8 Å². The van der Waals surface area contributed by atoms with E-state index in [1.807, 2.05) is 11.3 Å². The predicted octanol–water partition coefficient (Wildman–Crippen LogP) is 4.65. The van der Waals surface area contributed by atoms with Crippen molar-refractivity contribution < 1.29 is 0 Å². The molecule has 1 saturated carbocycles. The van der Waals surface area contributed by atoms with Gasteiger partial charge in [0.2, 0.25) is 0 Å². The highest BCUT2D eigenvalue weighted by Gasteiger charge is 2.24. The first kappa shape index (κ1) is 16.3. The van der Waals surface area contributed by atoms with E-state index in [4.69, 9.17) is 4.98 Å². The van der Waals surface area contributed by atoms with E-state index in [9.17, 15) is 0 Å². The van der Waals surface area contributed by atoms with Crippen molar-refractivity contribution in [2.24, 2.45) is 0 Å². The average molecular weight is 313 g/mol. The Hall–Kier alpha value is -0.0600. The summed E-state index contributed by atoms with van der Waals surface area (Å²) in [5.41, 5.74) is 1.17. The summed E-state index contributed by atoms with van der Waals surface area (Å²) < 4.78 is 0. The molecule has 0 amide bonds. The average Bonchev–Trinajstić information content (AvgIpc) is 2.77. The van der Waals surface area contributed by atoms with Gasteiger partial charge in [-0.2, -0.15) is 11.8 Å². The SMILES string of the molecule is Cc1nc(C(C)(C)NCCSC2CCCCC2)sc1C. The Morgan fingerprint density at radius 3 is 2.55 bits per heavy atom. The fourth-order valence-electron chi connectivity index (χ4n) is 2.64. The van der Waals surface area contributed by atoms with Gasteiger partial charge >= 0.3 is 0 Å². The zero-order chi connectivity index (χ0) is 14.6. The molecule has 0 spiro atoms. The van der Waals surface area contributed by atoms with Gasteiger partial charge in [-0.1, -0.05) is 19.3 Å². The van der Waals surface area contributed by atoms with Crippen molar-refractivity contribution in [3.8, 4) is 0 Å². The van der Waals surface area contributed by atoms with E-state index in [0.29, 0.717) is 0 Å². The van der Waals surface area contributed by atoms with Crippen LogP contribution in [-0.4, -0.2) is 22.5 Å². The van der Waals surface area contributed by atoms with E-state index in [2.05, 4.69) is 44.8 Å². The topological polar surface area (TPSA) is 24.9 Å². The van der Waals surface area contributed by atoms with Gasteiger partial charge in [0.05, 0.1) is 11.2 Å². The molecule has 2 rings (SSSR count). The first-order valence-corrected chi connectivity index (χ1v) is 9.67. The maximum absolute atomic E-state index is 4.70. The lowest BCUT2D eigenvalue weighted by molar-refractivity contribution is 0.414. The highest BCUT2D eigenvalue weighted by atomic mass is 32.2. The number of aromatic nitrogens is 1. The number of hydrogen-bond donors (Lipinski definition) is 1. The quantitative estimate of drug-likeness (QED) is 0.774. The lowest BCUT2D eigenvalue weighted by atomic mass is 10.0. The van der Waals surface area contributed by atoms with Crippen LogP contribution in [0.4, 0.5) is 0 Å². The van der Waals surface area contributed by atoms with Gasteiger partial charge in [-0.15, -0.1) is 11.3 Å². The summed E-state index contributed by atoms with van der Waals surface area (Å²) in [4.78, 5) is 6.04. The highest BCUT2D eigenvalue weighted by molar-refractivity contribution is 7.99. The highest BCUT2D eigenvalue weighted by Crippen LogP contribution is 2.29. The zero-order valence-electron chi connectivity index (χ0n) is 13.3. The molecule has 1 aromatic heterocycles.